The van der Waals surface area contributed by atoms with Crippen LogP contribution >= 0.6 is 11.3 Å². The number of carbonyl (C=O) groups excluding carboxylic acids is 1. The first-order chi connectivity index (χ1) is 9.52. The SMILES string of the molecule is CCOc1ccc(/N=c2/sc(C(C)=O)c(C)n2C)cc1. The topological polar surface area (TPSA) is 43.6 Å². The smallest absolute Gasteiger partial charge is 0.190 e. The van der Waals surface area contributed by atoms with E-state index in [2.05, 4.69) is 4.99 Å². The highest BCUT2D eigenvalue weighted by atomic mass is 32.1. The van der Waals surface area contributed by atoms with Gasteiger partial charge in [-0.25, -0.2) is 4.99 Å². The van der Waals surface area contributed by atoms with Crippen LogP contribution in [0.1, 0.15) is 29.2 Å². The van der Waals surface area contributed by atoms with Crippen LogP contribution in [0.5, 0.6) is 5.75 Å². The molecule has 1 heterocycles. The number of aromatic nitrogens is 1. The van der Waals surface area contributed by atoms with Gasteiger partial charge in [0.2, 0.25) is 0 Å². The summed E-state index contributed by atoms with van der Waals surface area (Å²) >= 11 is 1.42. The molecular formula is C15H18N2O2S. The normalized spacial score (nSPS) is 11.7. The van der Waals surface area contributed by atoms with Crippen LogP contribution in [0.2, 0.25) is 0 Å². The van der Waals surface area contributed by atoms with Gasteiger partial charge in [-0.15, -0.1) is 0 Å². The molecule has 2 aromatic rings. The standard InChI is InChI=1S/C15H18N2O2S/c1-5-19-13-8-6-12(7-9-13)16-15-17(4)10(2)14(20-15)11(3)18/h6-9H,5H2,1-4H3/b16-15+. The number of thiazole rings is 1. The molecule has 2 rings (SSSR count). The quantitative estimate of drug-likeness (QED) is 0.811. The number of benzene rings is 1. The van der Waals surface area contributed by atoms with E-state index in [1.807, 2.05) is 49.7 Å². The summed E-state index contributed by atoms with van der Waals surface area (Å²) in [5.41, 5.74) is 1.80. The highest BCUT2D eigenvalue weighted by Crippen LogP contribution is 2.18. The largest absolute Gasteiger partial charge is 0.494 e. The zero-order valence-electron chi connectivity index (χ0n) is 12.1. The Kier molecular flexibility index (Phi) is 4.39. The molecule has 0 aliphatic rings. The van der Waals surface area contributed by atoms with E-state index in [4.69, 9.17) is 4.74 Å². The highest BCUT2D eigenvalue weighted by molar-refractivity contribution is 7.11. The van der Waals surface area contributed by atoms with Crippen LogP contribution < -0.4 is 9.54 Å². The molecule has 0 N–H and O–H groups in total. The Morgan fingerprint density at radius 3 is 2.50 bits per heavy atom. The fourth-order valence-corrected chi connectivity index (χ4v) is 2.88. The van der Waals surface area contributed by atoms with Gasteiger partial charge in [0, 0.05) is 19.7 Å². The summed E-state index contributed by atoms with van der Waals surface area (Å²) in [7, 11) is 1.92. The number of hydrogen-bond acceptors (Lipinski definition) is 4. The van der Waals surface area contributed by atoms with E-state index >= 15 is 0 Å². The molecule has 0 spiro atoms. The molecule has 4 nitrogen and oxygen atoms in total. The fourth-order valence-electron chi connectivity index (χ4n) is 1.85. The first kappa shape index (κ1) is 14.5. The number of nitrogens with zero attached hydrogens (tertiary/aromatic N) is 2. The zero-order chi connectivity index (χ0) is 14.7. The lowest BCUT2D eigenvalue weighted by atomic mass is 10.3. The van der Waals surface area contributed by atoms with Gasteiger partial charge >= 0.3 is 0 Å². The van der Waals surface area contributed by atoms with E-state index in [9.17, 15) is 4.79 Å². The Balaban J connectivity index is 2.40. The van der Waals surface area contributed by atoms with E-state index < -0.39 is 0 Å². The fraction of sp³-hybridized carbons (Fsp3) is 0.333. The number of Topliss-reactive ketones (excluding diaryl/α,β-unsaturated/α-hetero) is 1. The van der Waals surface area contributed by atoms with Gasteiger partial charge in [0.1, 0.15) is 5.75 Å². The van der Waals surface area contributed by atoms with Gasteiger partial charge in [0.15, 0.2) is 10.6 Å². The molecule has 0 radical (unpaired) electrons. The summed E-state index contributed by atoms with van der Waals surface area (Å²) in [6.45, 7) is 6.12. The summed E-state index contributed by atoms with van der Waals surface area (Å²) in [4.78, 5) is 17.7. The molecule has 0 aliphatic heterocycles. The third-order valence-electron chi connectivity index (χ3n) is 3.00. The first-order valence-corrected chi connectivity index (χ1v) is 7.29. The Hall–Kier alpha value is -1.88. The van der Waals surface area contributed by atoms with Crippen molar-refractivity contribution in [2.45, 2.75) is 20.8 Å². The first-order valence-electron chi connectivity index (χ1n) is 6.48. The highest BCUT2D eigenvalue weighted by Gasteiger charge is 2.10. The number of hydrogen-bond donors (Lipinski definition) is 0. The average molecular weight is 290 g/mol. The Morgan fingerprint density at radius 2 is 2.00 bits per heavy atom. The predicted octanol–water partition coefficient (Wildman–Crippen LogP) is 3.23. The second kappa shape index (κ2) is 6.05. The molecule has 0 unspecified atom stereocenters. The molecular weight excluding hydrogens is 272 g/mol. The van der Waals surface area contributed by atoms with Gasteiger partial charge in [0.05, 0.1) is 17.2 Å². The maximum atomic E-state index is 11.5. The van der Waals surface area contributed by atoms with Crippen molar-refractivity contribution >= 4 is 22.8 Å². The predicted molar refractivity (Wildman–Crippen MR) is 80.9 cm³/mol. The van der Waals surface area contributed by atoms with Crippen molar-refractivity contribution in [1.29, 1.82) is 0 Å². The van der Waals surface area contributed by atoms with Crippen LogP contribution in [0.25, 0.3) is 0 Å². The second-order valence-corrected chi connectivity index (χ2v) is 5.43. The summed E-state index contributed by atoms with van der Waals surface area (Å²) in [6, 6.07) is 7.62. The van der Waals surface area contributed by atoms with Gasteiger partial charge in [-0.3, -0.25) is 4.79 Å². The monoisotopic (exact) mass is 290 g/mol. The molecule has 0 atom stereocenters. The zero-order valence-corrected chi connectivity index (χ0v) is 13.0. The summed E-state index contributed by atoms with van der Waals surface area (Å²) in [5.74, 6) is 0.916. The van der Waals surface area contributed by atoms with E-state index in [0.29, 0.717) is 6.61 Å². The maximum Gasteiger partial charge on any atom is 0.190 e. The Bertz CT molecular complexity index is 681. The third kappa shape index (κ3) is 2.99. The molecule has 0 saturated carbocycles. The van der Waals surface area contributed by atoms with E-state index in [1.165, 1.54) is 11.3 Å². The number of carbonyl (C=O) groups is 1. The van der Waals surface area contributed by atoms with Crippen molar-refractivity contribution in [2.75, 3.05) is 6.61 Å². The van der Waals surface area contributed by atoms with Crippen molar-refractivity contribution < 1.29 is 9.53 Å². The van der Waals surface area contributed by atoms with Gasteiger partial charge in [-0.1, -0.05) is 11.3 Å². The molecule has 20 heavy (non-hydrogen) atoms. The molecule has 0 bridgehead atoms. The van der Waals surface area contributed by atoms with Crippen molar-refractivity contribution in [1.82, 2.24) is 4.57 Å². The minimum atomic E-state index is 0.0799. The minimum Gasteiger partial charge on any atom is -0.494 e. The molecule has 0 amide bonds. The third-order valence-corrected chi connectivity index (χ3v) is 4.34. The maximum absolute atomic E-state index is 11.5. The van der Waals surface area contributed by atoms with E-state index in [0.717, 1.165) is 26.8 Å². The van der Waals surface area contributed by atoms with Crippen molar-refractivity contribution in [3.63, 3.8) is 0 Å². The summed E-state index contributed by atoms with van der Waals surface area (Å²) < 4.78 is 7.34. The van der Waals surface area contributed by atoms with Gasteiger partial charge in [-0.05, 0) is 38.1 Å². The lowest BCUT2D eigenvalue weighted by Gasteiger charge is -2.02. The molecule has 106 valence electrons. The average Bonchev–Trinajstić information content (AvgIpc) is 2.70. The van der Waals surface area contributed by atoms with Crippen LogP contribution in [0.3, 0.4) is 0 Å². The lowest BCUT2D eigenvalue weighted by molar-refractivity contribution is 0.102. The van der Waals surface area contributed by atoms with Crippen molar-refractivity contribution in [3.8, 4) is 5.75 Å². The number of ketones is 1. The van der Waals surface area contributed by atoms with E-state index in [1.54, 1.807) is 6.92 Å². The van der Waals surface area contributed by atoms with E-state index in [-0.39, 0.29) is 5.78 Å². The van der Waals surface area contributed by atoms with Crippen LogP contribution in [0.4, 0.5) is 5.69 Å². The van der Waals surface area contributed by atoms with Gasteiger partial charge < -0.3 is 9.30 Å². The summed E-state index contributed by atoms with van der Waals surface area (Å²) in [6.07, 6.45) is 0. The van der Waals surface area contributed by atoms with Crippen LogP contribution in [0.15, 0.2) is 29.3 Å². The van der Waals surface area contributed by atoms with Crippen molar-refractivity contribution in [3.05, 3.63) is 39.6 Å². The Morgan fingerprint density at radius 1 is 1.35 bits per heavy atom. The minimum absolute atomic E-state index is 0.0799. The van der Waals surface area contributed by atoms with Gasteiger partial charge in [0.25, 0.3) is 0 Å². The van der Waals surface area contributed by atoms with Crippen LogP contribution in [-0.2, 0) is 7.05 Å². The lowest BCUT2D eigenvalue weighted by Crippen LogP contribution is -2.10. The summed E-state index contributed by atoms with van der Waals surface area (Å²) in [5, 5.41) is 0. The number of rotatable bonds is 4. The molecule has 5 heteroatoms. The molecule has 1 aromatic heterocycles. The molecule has 0 saturated heterocycles. The molecule has 1 aromatic carbocycles. The number of ether oxygens (including phenoxy) is 1. The van der Waals surface area contributed by atoms with Crippen LogP contribution in [0, 0.1) is 6.92 Å². The van der Waals surface area contributed by atoms with Gasteiger partial charge in [-0.2, -0.15) is 0 Å². The molecule has 0 fully saturated rings. The molecule has 0 aliphatic carbocycles. The van der Waals surface area contributed by atoms with Crippen LogP contribution in [-0.4, -0.2) is 17.0 Å². The van der Waals surface area contributed by atoms with Crippen molar-refractivity contribution in [2.24, 2.45) is 12.0 Å². The second-order valence-electron chi connectivity index (χ2n) is 4.45. The Labute approximate surface area is 122 Å².